The third kappa shape index (κ3) is 3.24. The molecular weight excluding hydrogens is 278 g/mol. The van der Waals surface area contributed by atoms with Gasteiger partial charge in [-0.3, -0.25) is 14.3 Å². The number of hydrogen-bond acceptors (Lipinski definition) is 5. The lowest BCUT2D eigenvalue weighted by molar-refractivity contribution is -0.388. The highest BCUT2D eigenvalue weighted by molar-refractivity contribution is 7.85. The summed E-state index contributed by atoms with van der Waals surface area (Å²) in [6.07, 6.45) is 2.97. The molecular formula is C10H14ClN3O3S. The van der Waals surface area contributed by atoms with Crippen molar-refractivity contribution in [3.05, 3.63) is 28.4 Å². The normalized spacial score (nSPS) is 17.8. The number of halogens is 1. The summed E-state index contributed by atoms with van der Waals surface area (Å²) in [6, 6.07) is 2.84. The Bertz CT molecular complexity index is 452. The first-order valence-corrected chi connectivity index (χ1v) is 6.62. The van der Waals surface area contributed by atoms with Crippen molar-refractivity contribution in [1.29, 1.82) is 0 Å². The smallest absolute Gasteiger partial charge is 0.303 e. The lowest BCUT2D eigenvalue weighted by Gasteiger charge is -2.21. The van der Waals surface area contributed by atoms with Crippen LogP contribution in [0.2, 0.25) is 0 Å². The van der Waals surface area contributed by atoms with Crippen LogP contribution in [0.5, 0.6) is 0 Å². The van der Waals surface area contributed by atoms with Crippen molar-refractivity contribution >= 4 is 28.9 Å². The average molecular weight is 292 g/mol. The van der Waals surface area contributed by atoms with Crippen LogP contribution in [0.1, 0.15) is 12.8 Å². The summed E-state index contributed by atoms with van der Waals surface area (Å²) in [5, 5.41) is 14.1. The molecule has 2 heterocycles. The minimum atomic E-state index is -1.39. The average Bonchev–Trinajstić information content (AvgIpc) is 2.39. The SMILES string of the molecule is Cl.O=[N+]([O-])c1cccnc1S(=O)C1CCNCC1. The fourth-order valence-electron chi connectivity index (χ4n) is 1.84. The maximum atomic E-state index is 12.2. The highest BCUT2D eigenvalue weighted by Gasteiger charge is 2.27. The molecule has 0 spiro atoms. The molecule has 1 aliphatic heterocycles. The highest BCUT2D eigenvalue weighted by Crippen LogP contribution is 2.24. The highest BCUT2D eigenvalue weighted by atomic mass is 35.5. The second-order valence-corrected chi connectivity index (χ2v) is 5.48. The molecule has 1 aliphatic rings. The maximum Gasteiger partial charge on any atom is 0.303 e. The van der Waals surface area contributed by atoms with Crippen LogP contribution in [0.25, 0.3) is 0 Å². The minimum absolute atomic E-state index is 0. The Kier molecular flexibility index (Phi) is 5.64. The van der Waals surface area contributed by atoms with Gasteiger partial charge in [-0.15, -0.1) is 12.4 Å². The van der Waals surface area contributed by atoms with E-state index in [2.05, 4.69) is 10.3 Å². The molecule has 0 aliphatic carbocycles. The number of hydrogen-bond donors (Lipinski definition) is 1. The molecule has 1 fully saturated rings. The first-order chi connectivity index (χ1) is 8.20. The molecule has 100 valence electrons. The van der Waals surface area contributed by atoms with Crippen molar-refractivity contribution in [2.45, 2.75) is 23.1 Å². The van der Waals surface area contributed by atoms with Crippen LogP contribution in [0, 0.1) is 10.1 Å². The monoisotopic (exact) mass is 291 g/mol. The van der Waals surface area contributed by atoms with E-state index in [-0.39, 0.29) is 28.4 Å². The van der Waals surface area contributed by atoms with Crippen molar-refractivity contribution in [1.82, 2.24) is 10.3 Å². The van der Waals surface area contributed by atoms with Gasteiger partial charge in [-0.1, -0.05) is 0 Å². The van der Waals surface area contributed by atoms with Gasteiger partial charge in [-0.05, 0) is 32.0 Å². The predicted octanol–water partition coefficient (Wildman–Crippen LogP) is 1.27. The van der Waals surface area contributed by atoms with Crippen LogP contribution in [0.3, 0.4) is 0 Å². The van der Waals surface area contributed by atoms with Gasteiger partial charge in [-0.25, -0.2) is 4.98 Å². The molecule has 0 aromatic carbocycles. The molecule has 8 heteroatoms. The minimum Gasteiger partial charge on any atom is -0.317 e. The number of nitrogens with one attached hydrogen (secondary N) is 1. The topological polar surface area (TPSA) is 85.1 Å². The summed E-state index contributed by atoms with van der Waals surface area (Å²) in [5.41, 5.74) is -0.149. The Morgan fingerprint density at radius 3 is 2.72 bits per heavy atom. The molecule has 1 aromatic rings. The zero-order valence-corrected chi connectivity index (χ0v) is 11.2. The van der Waals surface area contributed by atoms with E-state index in [1.54, 1.807) is 0 Å². The van der Waals surface area contributed by atoms with E-state index in [0.717, 1.165) is 25.9 Å². The lowest BCUT2D eigenvalue weighted by Crippen LogP contribution is -2.33. The van der Waals surface area contributed by atoms with E-state index in [1.807, 2.05) is 0 Å². The van der Waals surface area contributed by atoms with E-state index in [4.69, 9.17) is 0 Å². The maximum absolute atomic E-state index is 12.2. The summed E-state index contributed by atoms with van der Waals surface area (Å²) in [4.78, 5) is 14.2. The number of piperidine rings is 1. The molecule has 6 nitrogen and oxygen atoms in total. The van der Waals surface area contributed by atoms with Gasteiger partial charge < -0.3 is 5.32 Å². The second kappa shape index (κ2) is 6.77. The number of nitro groups is 1. The molecule has 18 heavy (non-hydrogen) atoms. The van der Waals surface area contributed by atoms with Crippen LogP contribution in [0.4, 0.5) is 5.69 Å². The fourth-order valence-corrected chi connectivity index (χ4v) is 3.34. The molecule has 1 unspecified atom stereocenters. The van der Waals surface area contributed by atoms with Gasteiger partial charge in [0, 0.05) is 17.5 Å². The number of rotatable bonds is 3. The van der Waals surface area contributed by atoms with Crippen LogP contribution in [0.15, 0.2) is 23.4 Å². The Labute approximate surface area is 113 Å². The number of nitrogens with zero attached hydrogens (tertiary/aromatic N) is 2. The van der Waals surface area contributed by atoms with E-state index >= 15 is 0 Å². The van der Waals surface area contributed by atoms with Crippen molar-refractivity contribution < 1.29 is 9.13 Å². The van der Waals surface area contributed by atoms with Crippen molar-refractivity contribution in [2.75, 3.05) is 13.1 Å². The number of pyridine rings is 1. The summed E-state index contributed by atoms with van der Waals surface area (Å²) in [7, 11) is -1.39. The van der Waals surface area contributed by atoms with Gasteiger partial charge in [0.25, 0.3) is 0 Å². The van der Waals surface area contributed by atoms with Gasteiger partial charge in [0.1, 0.15) is 0 Å². The molecule has 1 atom stereocenters. The van der Waals surface area contributed by atoms with E-state index < -0.39 is 15.7 Å². The standard InChI is InChI=1S/C10H13N3O3S.ClH/c14-13(15)9-2-1-5-12-10(9)17(16)8-3-6-11-7-4-8;/h1-2,5,8,11H,3-4,6-7H2;1H. The van der Waals surface area contributed by atoms with Gasteiger partial charge in [0.15, 0.2) is 0 Å². The number of aromatic nitrogens is 1. The van der Waals surface area contributed by atoms with Gasteiger partial charge in [0.2, 0.25) is 5.03 Å². The molecule has 0 bridgehead atoms. The Morgan fingerprint density at radius 2 is 2.11 bits per heavy atom. The summed E-state index contributed by atoms with van der Waals surface area (Å²) >= 11 is 0. The van der Waals surface area contributed by atoms with Crippen LogP contribution >= 0.6 is 12.4 Å². The largest absolute Gasteiger partial charge is 0.317 e. The van der Waals surface area contributed by atoms with Crippen LogP contribution in [-0.4, -0.2) is 32.5 Å². The summed E-state index contributed by atoms with van der Waals surface area (Å²) in [5.74, 6) is 0. The summed E-state index contributed by atoms with van der Waals surface area (Å²) < 4.78 is 12.2. The quantitative estimate of drug-likeness (QED) is 0.669. The molecule has 1 N–H and O–H groups in total. The van der Waals surface area contributed by atoms with Gasteiger partial charge >= 0.3 is 5.69 Å². The predicted molar refractivity (Wildman–Crippen MR) is 70.4 cm³/mol. The Hall–Kier alpha value is -1.05. The third-order valence-corrected chi connectivity index (χ3v) is 4.50. The van der Waals surface area contributed by atoms with Crippen molar-refractivity contribution in [3.8, 4) is 0 Å². The summed E-state index contributed by atoms with van der Waals surface area (Å²) in [6.45, 7) is 1.61. The Balaban J connectivity index is 0.00000162. The van der Waals surface area contributed by atoms with E-state index in [1.165, 1.54) is 18.3 Å². The third-order valence-electron chi connectivity index (χ3n) is 2.73. The van der Waals surface area contributed by atoms with Crippen molar-refractivity contribution in [3.63, 3.8) is 0 Å². The first-order valence-electron chi connectivity index (χ1n) is 5.41. The molecule has 0 amide bonds. The molecule has 0 radical (unpaired) electrons. The molecule has 2 rings (SSSR count). The molecule has 1 aromatic heterocycles. The van der Waals surface area contributed by atoms with Gasteiger partial charge in [0.05, 0.1) is 15.7 Å². The van der Waals surface area contributed by atoms with Crippen molar-refractivity contribution in [2.24, 2.45) is 0 Å². The van der Waals surface area contributed by atoms with E-state index in [9.17, 15) is 14.3 Å². The lowest BCUT2D eigenvalue weighted by atomic mass is 10.2. The fraction of sp³-hybridized carbons (Fsp3) is 0.500. The zero-order valence-electron chi connectivity index (χ0n) is 9.57. The van der Waals surface area contributed by atoms with Gasteiger partial charge in [-0.2, -0.15) is 0 Å². The van der Waals surface area contributed by atoms with E-state index in [0.29, 0.717) is 0 Å². The van der Waals surface area contributed by atoms with Crippen LogP contribution in [-0.2, 0) is 10.8 Å². The second-order valence-electron chi connectivity index (χ2n) is 3.83. The van der Waals surface area contributed by atoms with Crippen LogP contribution < -0.4 is 5.32 Å². The molecule has 1 saturated heterocycles. The Morgan fingerprint density at radius 1 is 1.44 bits per heavy atom. The molecule has 0 saturated carbocycles. The zero-order chi connectivity index (χ0) is 12.3. The first kappa shape index (κ1) is 15.0.